The highest BCUT2D eigenvalue weighted by Crippen LogP contribution is 2.28. The van der Waals surface area contributed by atoms with E-state index in [-0.39, 0.29) is 11.3 Å². The summed E-state index contributed by atoms with van der Waals surface area (Å²) in [5.74, 6) is -1.08. The molecule has 2 rings (SSSR count). The van der Waals surface area contributed by atoms with Gasteiger partial charge in [0, 0.05) is 5.69 Å². The first-order chi connectivity index (χ1) is 9.52. The lowest BCUT2D eigenvalue weighted by Gasteiger charge is -2.13. The van der Waals surface area contributed by atoms with Crippen molar-refractivity contribution >= 4 is 23.0 Å². The smallest absolute Gasteiger partial charge is 0.337 e. The lowest BCUT2D eigenvalue weighted by molar-refractivity contribution is 0.0698. The molecule has 0 heterocycles. The van der Waals surface area contributed by atoms with E-state index in [0.717, 1.165) is 11.3 Å². The van der Waals surface area contributed by atoms with Crippen molar-refractivity contribution in [2.45, 2.75) is 6.92 Å². The van der Waals surface area contributed by atoms with Gasteiger partial charge in [0.25, 0.3) is 0 Å². The molecule has 0 aliphatic rings. The van der Waals surface area contributed by atoms with Crippen LogP contribution in [-0.2, 0) is 0 Å². The van der Waals surface area contributed by atoms with Crippen molar-refractivity contribution in [3.63, 3.8) is 0 Å². The number of nitrogens with two attached hydrogens (primary N) is 1. The average molecular weight is 267 g/mol. The van der Waals surface area contributed by atoms with Crippen molar-refractivity contribution in [3.05, 3.63) is 53.1 Å². The van der Waals surface area contributed by atoms with Gasteiger partial charge in [-0.05, 0) is 36.8 Å². The van der Waals surface area contributed by atoms with Crippen LogP contribution in [0, 0.1) is 18.3 Å². The fourth-order valence-corrected chi connectivity index (χ4v) is 1.83. The number of nitriles is 1. The van der Waals surface area contributed by atoms with Crippen LogP contribution in [0.15, 0.2) is 36.4 Å². The van der Waals surface area contributed by atoms with Crippen molar-refractivity contribution in [1.29, 1.82) is 5.26 Å². The molecule has 0 fully saturated rings. The van der Waals surface area contributed by atoms with Crippen LogP contribution in [-0.4, -0.2) is 11.1 Å². The summed E-state index contributed by atoms with van der Waals surface area (Å²) in [6, 6.07) is 12.1. The van der Waals surface area contributed by atoms with E-state index < -0.39 is 5.97 Å². The summed E-state index contributed by atoms with van der Waals surface area (Å²) < 4.78 is 0. The Hall–Kier alpha value is -3.00. The molecule has 0 radical (unpaired) electrons. The van der Waals surface area contributed by atoms with Gasteiger partial charge in [0.2, 0.25) is 0 Å². The topological polar surface area (TPSA) is 99.1 Å². The zero-order chi connectivity index (χ0) is 14.7. The Balaban J connectivity index is 2.43. The summed E-state index contributed by atoms with van der Waals surface area (Å²) in [6.45, 7) is 1.89. The molecule has 0 aromatic heterocycles. The number of hydrogen-bond acceptors (Lipinski definition) is 4. The second kappa shape index (κ2) is 5.33. The van der Waals surface area contributed by atoms with Crippen LogP contribution in [0.4, 0.5) is 17.1 Å². The number of anilines is 3. The van der Waals surface area contributed by atoms with Crippen molar-refractivity contribution in [3.8, 4) is 6.07 Å². The molecular formula is C15H13N3O2. The SMILES string of the molecule is Cc1ccc(C#N)cc1Nc1cccc(C(=O)O)c1N. The zero-order valence-corrected chi connectivity index (χ0v) is 10.8. The highest BCUT2D eigenvalue weighted by atomic mass is 16.4. The molecule has 2 aromatic rings. The predicted octanol–water partition coefficient (Wildman–Crippen LogP) is 2.89. The minimum Gasteiger partial charge on any atom is -0.478 e. The molecule has 0 bridgehead atoms. The van der Waals surface area contributed by atoms with Gasteiger partial charge in [-0.1, -0.05) is 12.1 Å². The second-order valence-electron chi connectivity index (χ2n) is 4.34. The van der Waals surface area contributed by atoms with E-state index in [2.05, 4.69) is 11.4 Å². The fourth-order valence-electron chi connectivity index (χ4n) is 1.83. The fraction of sp³-hybridized carbons (Fsp3) is 0.0667. The third-order valence-electron chi connectivity index (χ3n) is 2.97. The van der Waals surface area contributed by atoms with E-state index in [1.165, 1.54) is 6.07 Å². The number of carboxylic acids is 1. The molecule has 0 amide bonds. The molecule has 4 N–H and O–H groups in total. The van der Waals surface area contributed by atoms with Gasteiger partial charge in [-0.25, -0.2) is 4.79 Å². The molecule has 5 heteroatoms. The number of aryl methyl sites for hydroxylation is 1. The first-order valence-electron chi connectivity index (χ1n) is 5.92. The van der Waals surface area contributed by atoms with Crippen LogP contribution >= 0.6 is 0 Å². The Morgan fingerprint density at radius 3 is 2.70 bits per heavy atom. The van der Waals surface area contributed by atoms with E-state index in [0.29, 0.717) is 11.3 Å². The maximum atomic E-state index is 11.0. The van der Waals surface area contributed by atoms with Gasteiger partial charge in [0.15, 0.2) is 0 Å². The number of aromatic carboxylic acids is 1. The molecular weight excluding hydrogens is 254 g/mol. The molecule has 0 unspecified atom stereocenters. The average Bonchev–Trinajstić information content (AvgIpc) is 2.43. The second-order valence-corrected chi connectivity index (χ2v) is 4.34. The van der Waals surface area contributed by atoms with E-state index in [9.17, 15) is 4.79 Å². The number of carbonyl (C=O) groups is 1. The molecule has 0 atom stereocenters. The summed E-state index contributed by atoms with van der Waals surface area (Å²) in [5, 5.41) is 21.0. The van der Waals surface area contributed by atoms with Crippen LogP contribution in [0.1, 0.15) is 21.5 Å². The number of rotatable bonds is 3. The molecule has 2 aromatic carbocycles. The summed E-state index contributed by atoms with van der Waals surface area (Å²) in [4.78, 5) is 11.0. The zero-order valence-electron chi connectivity index (χ0n) is 10.8. The quantitative estimate of drug-likeness (QED) is 0.742. The highest BCUT2D eigenvalue weighted by molar-refractivity contribution is 5.97. The number of benzene rings is 2. The lowest BCUT2D eigenvalue weighted by Crippen LogP contribution is -2.05. The number of carboxylic acid groups (broad SMARTS) is 1. The first-order valence-corrected chi connectivity index (χ1v) is 5.92. The van der Waals surface area contributed by atoms with Gasteiger partial charge in [-0.15, -0.1) is 0 Å². The molecule has 20 heavy (non-hydrogen) atoms. The van der Waals surface area contributed by atoms with Crippen LogP contribution in [0.3, 0.4) is 0 Å². The Morgan fingerprint density at radius 2 is 2.05 bits per heavy atom. The third kappa shape index (κ3) is 2.54. The van der Waals surface area contributed by atoms with Gasteiger partial charge >= 0.3 is 5.97 Å². The van der Waals surface area contributed by atoms with E-state index >= 15 is 0 Å². The summed E-state index contributed by atoms with van der Waals surface area (Å²) >= 11 is 0. The number of nitrogen functional groups attached to an aromatic ring is 1. The molecule has 100 valence electrons. The lowest BCUT2D eigenvalue weighted by atomic mass is 10.1. The van der Waals surface area contributed by atoms with Crippen molar-refractivity contribution in [2.24, 2.45) is 0 Å². The van der Waals surface area contributed by atoms with Crippen molar-refractivity contribution in [1.82, 2.24) is 0 Å². The Kier molecular flexibility index (Phi) is 3.58. The minimum atomic E-state index is -1.08. The number of hydrogen-bond donors (Lipinski definition) is 3. The number of nitrogens with one attached hydrogen (secondary N) is 1. The Morgan fingerprint density at radius 1 is 1.30 bits per heavy atom. The molecule has 0 aliphatic heterocycles. The highest BCUT2D eigenvalue weighted by Gasteiger charge is 2.11. The third-order valence-corrected chi connectivity index (χ3v) is 2.97. The normalized spacial score (nSPS) is 9.80. The van der Waals surface area contributed by atoms with Gasteiger partial charge in [0.1, 0.15) is 0 Å². The molecule has 5 nitrogen and oxygen atoms in total. The standard InChI is InChI=1S/C15H13N3O2/c1-9-5-6-10(8-16)7-13(9)18-12-4-2-3-11(14(12)17)15(19)20/h2-7,18H,17H2,1H3,(H,19,20). The maximum Gasteiger partial charge on any atom is 0.337 e. The first kappa shape index (κ1) is 13.4. The molecule has 0 aliphatic carbocycles. The predicted molar refractivity (Wildman–Crippen MR) is 77.0 cm³/mol. The Labute approximate surface area is 116 Å². The maximum absolute atomic E-state index is 11.0. The van der Waals surface area contributed by atoms with Crippen molar-refractivity contribution < 1.29 is 9.90 Å². The van der Waals surface area contributed by atoms with E-state index in [1.54, 1.807) is 24.3 Å². The summed E-state index contributed by atoms with van der Waals surface area (Å²) in [6.07, 6.45) is 0. The number of para-hydroxylation sites is 1. The van der Waals surface area contributed by atoms with E-state index in [4.69, 9.17) is 16.1 Å². The molecule has 0 spiro atoms. The largest absolute Gasteiger partial charge is 0.478 e. The Bertz CT molecular complexity index is 718. The van der Waals surface area contributed by atoms with Gasteiger partial charge in [0.05, 0.1) is 28.6 Å². The monoisotopic (exact) mass is 267 g/mol. The summed E-state index contributed by atoms with van der Waals surface area (Å²) in [5.41, 5.74) is 8.74. The van der Waals surface area contributed by atoms with Gasteiger partial charge in [-0.3, -0.25) is 0 Å². The van der Waals surface area contributed by atoms with Crippen molar-refractivity contribution in [2.75, 3.05) is 11.1 Å². The van der Waals surface area contributed by atoms with Crippen LogP contribution in [0.5, 0.6) is 0 Å². The van der Waals surface area contributed by atoms with Crippen LogP contribution < -0.4 is 11.1 Å². The number of nitrogens with zero attached hydrogens (tertiary/aromatic N) is 1. The van der Waals surface area contributed by atoms with E-state index in [1.807, 2.05) is 13.0 Å². The summed E-state index contributed by atoms with van der Waals surface area (Å²) in [7, 11) is 0. The molecule has 0 saturated carbocycles. The van der Waals surface area contributed by atoms with Gasteiger partial charge < -0.3 is 16.2 Å². The van der Waals surface area contributed by atoms with Gasteiger partial charge in [-0.2, -0.15) is 5.26 Å². The van der Waals surface area contributed by atoms with Crippen LogP contribution in [0.2, 0.25) is 0 Å². The van der Waals surface area contributed by atoms with Crippen LogP contribution in [0.25, 0.3) is 0 Å². The molecule has 0 saturated heterocycles. The minimum absolute atomic E-state index is 0.0455.